The van der Waals surface area contributed by atoms with Crippen LogP contribution < -0.4 is 5.32 Å². The molecule has 3 nitrogen and oxygen atoms in total. The van der Waals surface area contributed by atoms with Gasteiger partial charge in [-0.2, -0.15) is 0 Å². The Morgan fingerprint density at radius 1 is 1.35 bits per heavy atom. The molecule has 0 aliphatic carbocycles. The van der Waals surface area contributed by atoms with Crippen LogP contribution in [0.4, 0.5) is 8.78 Å². The van der Waals surface area contributed by atoms with Crippen LogP contribution in [0.2, 0.25) is 0 Å². The number of pyridine rings is 1. The Hall–Kier alpha value is -1.52. The Labute approximate surface area is 99.2 Å². The van der Waals surface area contributed by atoms with Gasteiger partial charge < -0.3 is 5.32 Å². The monoisotopic (exact) mass is 242 g/mol. The number of nitrogens with one attached hydrogen (secondary N) is 1. The van der Waals surface area contributed by atoms with Gasteiger partial charge in [-0.15, -0.1) is 0 Å². The maximum Gasteiger partial charge on any atom is 0.280 e. The van der Waals surface area contributed by atoms with E-state index in [9.17, 15) is 13.6 Å². The summed E-state index contributed by atoms with van der Waals surface area (Å²) in [6, 6.07) is 2.53. The first-order chi connectivity index (χ1) is 7.91. The van der Waals surface area contributed by atoms with Crippen LogP contribution in [-0.4, -0.2) is 16.9 Å². The Balaban J connectivity index is 2.79. The maximum atomic E-state index is 12.4. The van der Waals surface area contributed by atoms with Gasteiger partial charge in [-0.1, -0.05) is 13.8 Å². The van der Waals surface area contributed by atoms with Crippen LogP contribution in [0.1, 0.15) is 43.2 Å². The molecule has 0 aliphatic rings. The summed E-state index contributed by atoms with van der Waals surface area (Å²) >= 11 is 0. The molecule has 1 amide bonds. The summed E-state index contributed by atoms with van der Waals surface area (Å²) in [6.07, 6.45) is -1.44. The number of aromatic nitrogens is 1. The third-order valence-corrected chi connectivity index (χ3v) is 2.63. The summed E-state index contributed by atoms with van der Waals surface area (Å²) in [4.78, 5) is 15.3. The molecule has 5 heteroatoms. The van der Waals surface area contributed by atoms with Crippen LogP contribution in [0.5, 0.6) is 0 Å². The van der Waals surface area contributed by atoms with Crippen molar-refractivity contribution in [1.82, 2.24) is 10.3 Å². The van der Waals surface area contributed by atoms with Crippen molar-refractivity contribution in [2.75, 3.05) is 0 Å². The normalized spacial score (nSPS) is 12.9. The predicted octanol–water partition coefficient (Wildman–Crippen LogP) is 2.79. The average molecular weight is 242 g/mol. The largest absolute Gasteiger partial charge is 0.349 e. The first-order valence-corrected chi connectivity index (χ1v) is 5.46. The van der Waals surface area contributed by atoms with Gasteiger partial charge in [0.1, 0.15) is 5.69 Å². The molecule has 0 radical (unpaired) electrons. The smallest absolute Gasteiger partial charge is 0.280 e. The lowest BCUT2D eigenvalue weighted by atomic mass is 10.1. The minimum absolute atomic E-state index is 0.00864. The van der Waals surface area contributed by atoms with Crippen molar-refractivity contribution in [2.24, 2.45) is 5.92 Å². The third-order valence-electron chi connectivity index (χ3n) is 2.63. The van der Waals surface area contributed by atoms with Crippen molar-refractivity contribution in [3.05, 3.63) is 29.6 Å². The molecule has 0 aliphatic heterocycles. The summed E-state index contributed by atoms with van der Waals surface area (Å²) < 4.78 is 24.8. The highest BCUT2D eigenvalue weighted by Gasteiger charge is 2.15. The molecule has 0 fully saturated rings. The van der Waals surface area contributed by atoms with Crippen molar-refractivity contribution in [3.63, 3.8) is 0 Å². The molecule has 0 bridgehead atoms. The fourth-order valence-corrected chi connectivity index (χ4v) is 1.17. The predicted molar refractivity (Wildman–Crippen MR) is 61.0 cm³/mol. The Morgan fingerprint density at radius 2 is 2.00 bits per heavy atom. The van der Waals surface area contributed by atoms with Crippen LogP contribution in [-0.2, 0) is 0 Å². The topological polar surface area (TPSA) is 42.0 Å². The number of halogens is 2. The van der Waals surface area contributed by atoms with Crippen molar-refractivity contribution in [2.45, 2.75) is 33.2 Å². The third kappa shape index (κ3) is 3.76. The second-order valence-corrected chi connectivity index (χ2v) is 4.28. The molecule has 94 valence electrons. The van der Waals surface area contributed by atoms with Gasteiger partial charge in [0, 0.05) is 17.8 Å². The highest BCUT2D eigenvalue weighted by Crippen LogP contribution is 2.16. The van der Waals surface area contributed by atoms with Crippen molar-refractivity contribution >= 4 is 5.91 Å². The Kier molecular flexibility index (Phi) is 4.54. The molecule has 1 aromatic rings. The Morgan fingerprint density at radius 3 is 2.53 bits per heavy atom. The molecule has 1 N–H and O–H groups in total. The van der Waals surface area contributed by atoms with Gasteiger partial charge in [-0.25, -0.2) is 8.78 Å². The summed E-state index contributed by atoms with van der Waals surface area (Å²) in [5.41, 5.74) is -0.169. The molecule has 1 heterocycles. The van der Waals surface area contributed by atoms with Crippen molar-refractivity contribution in [3.8, 4) is 0 Å². The highest BCUT2D eigenvalue weighted by molar-refractivity contribution is 5.94. The summed E-state index contributed by atoms with van der Waals surface area (Å²) in [5.74, 6) is -0.0640. The zero-order chi connectivity index (χ0) is 13.0. The van der Waals surface area contributed by atoms with E-state index in [4.69, 9.17) is 0 Å². The second-order valence-electron chi connectivity index (χ2n) is 4.28. The fraction of sp³-hybridized carbons (Fsp3) is 0.500. The number of amides is 1. The van der Waals surface area contributed by atoms with E-state index in [2.05, 4.69) is 10.3 Å². The minimum atomic E-state index is -2.66. The molecule has 1 atom stereocenters. The van der Waals surface area contributed by atoms with E-state index < -0.39 is 6.43 Å². The van der Waals surface area contributed by atoms with Crippen molar-refractivity contribution in [1.29, 1.82) is 0 Å². The van der Waals surface area contributed by atoms with Crippen LogP contribution >= 0.6 is 0 Å². The average Bonchev–Trinajstić information content (AvgIpc) is 2.28. The zero-order valence-electron chi connectivity index (χ0n) is 10.1. The molecule has 17 heavy (non-hydrogen) atoms. The van der Waals surface area contributed by atoms with Crippen LogP contribution in [0, 0.1) is 5.92 Å². The van der Waals surface area contributed by atoms with E-state index in [0.717, 1.165) is 6.07 Å². The molecule has 0 unspecified atom stereocenters. The fourth-order valence-electron chi connectivity index (χ4n) is 1.17. The minimum Gasteiger partial charge on any atom is -0.349 e. The zero-order valence-corrected chi connectivity index (χ0v) is 10.1. The number of nitrogens with zero attached hydrogens (tertiary/aromatic N) is 1. The van der Waals surface area contributed by atoms with Gasteiger partial charge in [0.2, 0.25) is 0 Å². The van der Waals surface area contributed by atoms with Crippen LogP contribution in [0.15, 0.2) is 18.3 Å². The second kappa shape index (κ2) is 5.70. The summed E-state index contributed by atoms with van der Waals surface area (Å²) in [6.45, 7) is 5.82. The summed E-state index contributed by atoms with van der Waals surface area (Å²) in [5, 5.41) is 2.75. The summed E-state index contributed by atoms with van der Waals surface area (Å²) in [7, 11) is 0. The highest BCUT2D eigenvalue weighted by atomic mass is 19.3. The van der Waals surface area contributed by atoms with E-state index in [-0.39, 0.29) is 29.1 Å². The molecular weight excluding hydrogens is 226 g/mol. The maximum absolute atomic E-state index is 12.4. The van der Waals surface area contributed by atoms with E-state index in [1.165, 1.54) is 12.3 Å². The first-order valence-electron chi connectivity index (χ1n) is 5.46. The van der Waals surface area contributed by atoms with Gasteiger partial charge >= 0.3 is 0 Å². The molecule has 0 aromatic carbocycles. The molecule has 1 aromatic heterocycles. The quantitative estimate of drug-likeness (QED) is 0.882. The van der Waals surface area contributed by atoms with Gasteiger partial charge in [0.05, 0.1) is 0 Å². The number of hydrogen-bond donors (Lipinski definition) is 1. The lowest BCUT2D eigenvalue weighted by molar-refractivity contribution is 0.0929. The van der Waals surface area contributed by atoms with E-state index in [1.807, 2.05) is 20.8 Å². The standard InChI is InChI=1S/C12H16F2N2O/c1-7(2)8(3)16-12(17)9-4-5-15-10(6-9)11(13)14/h4-8,11H,1-3H3,(H,16,17)/t8-/m1/s1. The number of carbonyl (C=O) groups excluding carboxylic acids is 1. The number of carbonyl (C=O) groups is 1. The first kappa shape index (κ1) is 13.5. The molecule has 1 rings (SSSR count). The lowest BCUT2D eigenvalue weighted by Gasteiger charge is -2.17. The van der Waals surface area contributed by atoms with Gasteiger partial charge in [0.25, 0.3) is 12.3 Å². The van der Waals surface area contributed by atoms with E-state index >= 15 is 0 Å². The number of rotatable bonds is 4. The molecule has 0 saturated carbocycles. The van der Waals surface area contributed by atoms with Crippen LogP contribution in [0.3, 0.4) is 0 Å². The number of hydrogen-bond acceptors (Lipinski definition) is 2. The molecule has 0 spiro atoms. The van der Waals surface area contributed by atoms with Crippen molar-refractivity contribution < 1.29 is 13.6 Å². The van der Waals surface area contributed by atoms with E-state index in [0.29, 0.717) is 0 Å². The molecule has 0 saturated heterocycles. The van der Waals surface area contributed by atoms with Gasteiger partial charge in [-0.3, -0.25) is 9.78 Å². The van der Waals surface area contributed by atoms with Gasteiger partial charge in [-0.05, 0) is 25.0 Å². The molecular formula is C12H16F2N2O. The number of alkyl halides is 2. The van der Waals surface area contributed by atoms with E-state index in [1.54, 1.807) is 0 Å². The lowest BCUT2D eigenvalue weighted by Crippen LogP contribution is -2.36. The SMILES string of the molecule is CC(C)[C@@H](C)NC(=O)c1ccnc(C(F)F)c1. The van der Waals surface area contributed by atoms with Gasteiger partial charge in [0.15, 0.2) is 0 Å². The Bertz CT molecular complexity index is 394. The van der Waals surface area contributed by atoms with Crippen LogP contribution in [0.25, 0.3) is 0 Å².